The molecule has 0 spiro atoms. The summed E-state index contributed by atoms with van der Waals surface area (Å²) in [5.41, 5.74) is 0. The number of carboxylic acid groups (broad SMARTS) is 1. The number of hydrogen-bond acceptors (Lipinski definition) is 3. The molecule has 0 aromatic heterocycles. The molecule has 6 nitrogen and oxygen atoms in total. The zero-order valence-corrected chi connectivity index (χ0v) is 12.3. The summed E-state index contributed by atoms with van der Waals surface area (Å²) in [5.74, 6) is -0.901. The average Bonchev–Trinajstić information content (AvgIpc) is 2.77. The predicted molar refractivity (Wildman–Crippen MR) is 73.2 cm³/mol. The van der Waals surface area contributed by atoms with Crippen molar-refractivity contribution < 1.29 is 14.7 Å². The van der Waals surface area contributed by atoms with Crippen LogP contribution in [0.15, 0.2) is 0 Å². The predicted octanol–water partition coefficient (Wildman–Crippen LogP) is 0.927. The highest BCUT2D eigenvalue weighted by atomic mass is 16.4. The van der Waals surface area contributed by atoms with Crippen LogP contribution >= 0.6 is 0 Å². The van der Waals surface area contributed by atoms with E-state index in [0.29, 0.717) is 19.5 Å². The molecule has 1 fully saturated rings. The monoisotopic (exact) mass is 271 g/mol. The van der Waals surface area contributed by atoms with Gasteiger partial charge in [-0.3, -0.25) is 0 Å². The summed E-state index contributed by atoms with van der Waals surface area (Å²) in [6.45, 7) is 5.83. The second kappa shape index (κ2) is 6.75. The van der Waals surface area contributed by atoms with Gasteiger partial charge in [-0.15, -0.1) is 0 Å². The second-order valence-corrected chi connectivity index (χ2v) is 5.37. The molecule has 110 valence electrons. The first-order chi connectivity index (χ1) is 8.88. The van der Waals surface area contributed by atoms with E-state index < -0.39 is 12.0 Å². The molecule has 2 atom stereocenters. The van der Waals surface area contributed by atoms with Gasteiger partial charge in [-0.1, -0.05) is 0 Å². The molecule has 19 heavy (non-hydrogen) atoms. The van der Waals surface area contributed by atoms with Crippen LogP contribution in [0.2, 0.25) is 0 Å². The SMILES string of the molecule is CCN(C(=O)N1CCCC1C(=O)O)C(C)CN(C)C. The Morgan fingerprint density at radius 2 is 2.05 bits per heavy atom. The molecule has 0 bridgehead atoms. The Balaban J connectivity index is 2.75. The summed E-state index contributed by atoms with van der Waals surface area (Å²) in [4.78, 5) is 28.9. The fourth-order valence-electron chi connectivity index (χ4n) is 2.68. The van der Waals surface area contributed by atoms with Gasteiger partial charge in [-0.2, -0.15) is 0 Å². The summed E-state index contributed by atoms with van der Waals surface area (Å²) in [6, 6.07) is -0.739. The van der Waals surface area contributed by atoms with Crippen LogP contribution in [0.5, 0.6) is 0 Å². The molecule has 0 aliphatic carbocycles. The van der Waals surface area contributed by atoms with Crippen molar-refractivity contribution in [3.63, 3.8) is 0 Å². The van der Waals surface area contributed by atoms with Gasteiger partial charge in [0.2, 0.25) is 0 Å². The molecule has 1 saturated heterocycles. The lowest BCUT2D eigenvalue weighted by atomic mass is 10.2. The lowest BCUT2D eigenvalue weighted by Crippen LogP contribution is -2.52. The van der Waals surface area contributed by atoms with Gasteiger partial charge in [0, 0.05) is 25.7 Å². The van der Waals surface area contributed by atoms with E-state index in [-0.39, 0.29) is 12.1 Å². The summed E-state index contributed by atoms with van der Waals surface area (Å²) in [6.07, 6.45) is 1.32. The minimum atomic E-state index is -0.901. The van der Waals surface area contributed by atoms with E-state index in [9.17, 15) is 9.59 Å². The Kier molecular flexibility index (Phi) is 5.60. The van der Waals surface area contributed by atoms with E-state index in [2.05, 4.69) is 0 Å². The molecular weight excluding hydrogens is 246 g/mol. The Labute approximate surface area is 115 Å². The maximum Gasteiger partial charge on any atom is 0.326 e. The third-order valence-corrected chi connectivity index (χ3v) is 3.53. The lowest BCUT2D eigenvalue weighted by Gasteiger charge is -2.34. The number of carbonyl (C=O) groups is 2. The van der Waals surface area contributed by atoms with Crippen LogP contribution in [0.4, 0.5) is 4.79 Å². The number of nitrogens with zero attached hydrogens (tertiary/aromatic N) is 3. The number of likely N-dealkylation sites (tertiary alicyclic amines) is 1. The van der Waals surface area contributed by atoms with Crippen molar-refractivity contribution in [1.29, 1.82) is 0 Å². The van der Waals surface area contributed by atoms with Gasteiger partial charge < -0.3 is 19.8 Å². The number of amides is 2. The smallest absolute Gasteiger partial charge is 0.326 e. The number of aliphatic carboxylic acids is 1. The highest BCUT2D eigenvalue weighted by molar-refractivity contribution is 5.83. The number of urea groups is 1. The van der Waals surface area contributed by atoms with E-state index >= 15 is 0 Å². The summed E-state index contributed by atoms with van der Waals surface area (Å²) in [7, 11) is 3.93. The number of carbonyl (C=O) groups excluding carboxylic acids is 1. The van der Waals surface area contributed by atoms with Crippen molar-refractivity contribution >= 4 is 12.0 Å². The summed E-state index contributed by atoms with van der Waals surface area (Å²) < 4.78 is 0. The fraction of sp³-hybridized carbons (Fsp3) is 0.846. The fourth-order valence-corrected chi connectivity index (χ4v) is 2.68. The lowest BCUT2D eigenvalue weighted by molar-refractivity contribution is -0.141. The van der Waals surface area contributed by atoms with Gasteiger partial charge in [0.1, 0.15) is 6.04 Å². The van der Waals surface area contributed by atoms with Crippen molar-refractivity contribution in [3.05, 3.63) is 0 Å². The van der Waals surface area contributed by atoms with Crippen molar-refractivity contribution in [3.8, 4) is 0 Å². The largest absolute Gasteiger partial charge is 0.480 e. The number of hydrogen-bond donors (Lipinski definition) is 1. The molecule has 0 saturated carbocycles. The molecule has 0 aromatic rings. The molecule has 1 N–H and O–H groups in total. The molecule has 2 unspecified atom stereocenters. The molecule has 1 heterocycles. The van der Waals surface area contributed by atoms with Gasteiger partial charge in [0.25, 0.3) is 0 Å². The normalized spacial score (nSPS) is 20.7. The Hall–Kier alpha value is -1.30. The van der Waals surface area contributed by atoms with Crippen LogP contribution in [0.1, 0.15) is 26.7 Å². The highest BCUT2D eigenvalue weighted by Gasteiger charge is 2.36. The van der Waals surface area contributed by atoms with E-state index in [4.69, 9.17) is 5.11 Å². The van der Waals surface area contributed by atoms with Crippen LogP contribution < -0.4 is 0 Å². The van der Waals surface area contributed by atoms with E-state index in [1.54, 1.807) is 4.90 Å². The molecule has 6 heteroatoms. The van der Waals surface area contributed by atoms with Crippen LogP contribution in [0.3, 0.4) is 0 Å². The quantitative estimate of drug-likeness (QED) is 0.808. The first-order valence-corrected chi connectivity index (χ1v) is 6.83. The topological polar surface area (TPSA) is 64.1 Å². The van der Waals surface area contributed by atoms with Crippen LogP contribution in [-0.4, -0.2) is 77.6 Å². The molecule has 0 radical (unpaired) electrons. The summed E-state index contributed by atoms with van der Waals surface area (Å²) in [5, 5.41) is 9.15. The van der Waals surface area contributed by atoms with Gasteiger partial charge in [-0.25, -0.2) is 9.59 Å². The Morgan fingerprint density at radius 1 is 1.42 bits per heavy atom. The zero-order chi connectivity index (χ0) is 14.6. The number of likely N-dealkylation sites (N-methyl/N-ethyl adjacent to an activating group) is 2. The van der Waals surface area contributed by atoms with Crippen molar-refractivity contribution in [2.45, 2.75) is 38.8 Å². The standard InChI is InChI=1S/C13H25N3O3/c1-5-15(10(2)9-14(3)4)13(19)16-8-6-7-11(16)12(17)18/h10-11H,5-9H2,1-4H3,(H,17,18). The van der Waals surface area contributed by atoms with E-state index in [1.165, 1.54) is 4.90 Å². The molecular formula is C13H25N3O3. The average molecular weight is 271 g/mol. The van der Waals surface area contributed by atoms with Gasteiger partial charge in [-0.05, 0) is 40.8 Å². The number of carboxylic acids is 1. The van der Waals surface area contributed by atoms with Crippen molar-refractivity contribution in [1.82, 2.24) is 14.7 Å². The van der Waals surface area contributed by atoms with Gasteiger partial charge in [0.05, 0.1) is 0 Å². The van der Waals surface area contributed by atoms with Crippen LogP contribution in [0.25, 0.3) is 0 Å². The maximum atomic E-state index is 12.5. The second-order valence-electron chi connectivity index (χ2n) is 5.37. The zero-order valence-electron chi connectivity index (χ0n) is 12.3. The molecule has 0 aromatic carbocycles. The third kappa shape index (κ3) is 3.83. The van der Waals surface area contributed by atoms with Crippen molar-refractivity contribution in [2.75, 3.05) is 33.7 Å². The Bertz CT molecular complexity index is 333. The van der Waals surface area contributed by atoms with Crippen molar-refractivity contribution in [2.24, 2.45) is 0 Å². The van der Waals surface area contributed by atoms with E-state index in [1.807, 2.05) is 32.8 Å². The van der Waals surface area contributed by atoms with Gasteiger partial charge in [0.15, 0.2) is 0 Å². The first-order valence-electron chi connectivity index (χ1n) is 6.83. The number of rotatable bonds is 5. The first kappa shape index (κ1) is 15.8. The molecule has 1 rings (SSSR count). The molecule has 1 aliphatic rings. The third-order valence-electron chi connectivity index (χ3n) is 3.53. The summed E-state index contributed by atoms with van der Waals surface area (Å²) >= 11 is 0. The minimum Gasteiger partial charge on any atom is -0.480 e. The highest BCUT2D eigenvalue weighted by Crippen LogP contribution is 2.20. The van der Waals surface area contributed by atoms with Gasteiger partial charge >= 0.3 is 12.0 Å². The minimum absolute atomic E-state index is 0.0718. The van der Waals surface area contributed by atoms with E-state index in [0.717, 1.165) is 13.0 Å². The Morgan fingerprint density at radius 3 is 2.53 bits per heavy atom. The van der Waals surface area contributed by atoms with Crippen LogP contribution in [0, 0.1) is 0 Å². The molecule has 2 amide bonds. The molecule has 1 aliphatic heterocycles. The van der Waals surface area contributed by atoms with Crippen LogP contribution in [-0.2, 0) is 4.79 Å². The maximum absolute atomic E-state index is 12.5.